The number of benzene rings is 6. The van der Waals surface area contributed by atoms with Crippen LogP contribution in [0.5, 0.6) is 11.5 Å². The first-order valence-corrected chi connectivity index (χ1v) is 32.6. The van der Waals surface area contributed by atoms with Crippen molar-refractivity contribution in [2.45, 2.75) is 103 Å². The topological polar surface area (TPSA) is 365 Å². The summed E-state index contributed by atoms with van der Waals surface area (Å²) in [5.41, 5.74) is 19.0. The van der Waals surface area contributed by atoms with Gasteiger partial charge in [0.25, 0.3) is 20.0 Å². The second-order valence-electron chi connectivity index (χ2n) is 21.7. The molecule has 4 bridgehead atoms. The fourth-order valence-electron chi connectivity index (χ4n) is 10.8. The summed E-state index contributed by atoms with van der Waals surface area (Å²) in [4.78, 5) is 28.3. The van der Waals surface area contributed by atoms with Crippen molar-refractivity contribution < 1.29 is 79.0 Å². The van der Waals surface area contributed by atoms with E-state index < -0.39 is 42.3 Å². The maximum absolute atomic E-state index is 13.4. The largest absolute Gasteiger partial charge is 1.00 e. The van der Waals surface area contributed by atoms with E-state index in [0.717, 1.165) is 61.1 Å². The van der Waals surface area contributed by atoms with E-state index in [2.05, 4.69) is 38.6 Å². The Morgan fingerprint density at radius 1 is 0.640 bits per heavy atom. The van der Waals surface area contributed by atoms with Crippen LogP contribution >= 0.6 is 35.6 Å². The summed E-state index contributed by atoms with van der Waals surface area (Å²) in [6, 6.07) is 36.2. The summed E-state index contributed by atoms with van der Waals surface area (Å²) in [6.07, 6.45) is 8.48. The Labute approximate surface area is 558 Å². The van der Waals surface area contributed by atoms with Crippen LogP contribution < -0.4 is 76.1 Å². The van der Waals surface area contributed by atoms with Gasteiger partial charge in [0.05, 0.1) is 51.9 Å². The zero-order chi connectivity index (χ0) is 63.7. The van der Waals surface area contributed by atoms with Crippen molar-refractivity contribution >= 4 is 118 Å². The van der Waals surface area contributed by atoms with Crippen molar-refractivity contribution in [1.29, 1.82) is 10.8 Å². The smallest absolute Gasteiger partial charge is 0.550 e. The fourth-order valence-corrected chi connectivity index (χ4v) is 14.7. The van der Waals surface area contributed by atoms with E-state index in [1.807, 2.05) is 24.3 Å². The summed E-state index contributed by atoms with van der Waals surface area (Å²) in [5, 5.41) is 30.4. The molecule has 4 aliphatic carbocycles. The van der Waals surface area contributed by atoms with E-state index >= 15 is 0 Å². The van der Waals surface area contributed by atoms with Gasteiger partial charge in [-0.3, -0.25) is 14.2 Å². The number of ether oxygens (including phenoxy) is 2. The molecule has 0 saturated heterocycles. The number of rotatable bonds is 20. The molecule has 10 rings (SSSR count). The number of nitrogens with two attached hydrogens (primary N) is 3. The summed E-state index contributed by atoms with van der Waals surface area (Å²) < 4.78 is 93.4. The van der Waals surface area contributed by atoms with Crippen LogP contribution in [-0.4, -0.2) is 80.2 Å². The maximum Gasteiger partial charge on any atom is 1.00 e. The summed E-state index contributed by atoms with van der Waals surface area (Å²) in [5.74, 6) is 2.06. The molecule has 4 fully saturated rings. The number of sulfone groups is 1. The average Bonchev–Trinajstić information content (AvgIpc) is 1.78. The molecule has 89 heavy (non-hydrogen) atoms. The predicted molar refractivity (Wildman–Crippen MR) is 345 cm³/mol. The van der Waals surface area contributed by atoms with E-state index in [-0.39, 0.29) is 96.3 Å². The molecular formula is C61H72Cl3N10NaO11S3. The third-order valence-corrected chi connectivity index (χ3v) is 19.0. The van der Waals surface area contributed by atoms with Gasteiger partial charge in [-0.05, 0) is 196 Å². The first kappa shape index (κ1) is 74.7. The molecule has 4 aliphatic rings. The van der Waals surface area contributed by atoms with Gasteiger partial charge in [0, 0.05) is 51.2 Å². The van der Waals surface area contributed by atoms with Gasteiger partial charge in [0.15, 0.2) is 5.96 Å². The zero-order valence-corrected chi connectivity index (χ0v) is 56.5. The van der Waals surface area contributed by atoms with Crippen LogP contribution in [0, 0.1) is 34.5 Å². The Kier molecular flexibility index (Phi) is 28.5. The molecule has 0 aliphatic heterocycles. The van der Waals surface area contributed by atoms with Gasteiger partial charge < -0.3 is 52.7 Å². The van der Waals surface area contributed by atoms with Gasteiger partial charge in [0.2, 0.25) is 21.7 Å². The maximum atomic E-state index is 13.4. The number of aliphatic imine (C=N–C) groups is 2. The van der Waals surface area contributed by atoms with Crippen LogP contribution in [-0.2, 0) is 45.9 Å². The molecule has 0 spiro atoms. The van der Waals surface area contributed by atoms with Gasteiger partial charge >= 0.3 is 29.6 Å². The van der Waals surface area contributed by atoms with Crippen LogP contribution in [0.1, 0.15) is 77.2 Å². The SMILES string of the molecule is CC(C)CC(=N)CC(=N)Cc1ccc(Cl)cc1.COc1ccc(NS(=O)(=O)c2cccc(S(=O)(=O)c3cccc(S(=O)(=O)Nc4ccc(OC)cc4)c3)c2)cc1.Cl.NC(N)=NC(N)=Nc1ccc(Cl)cc1.O=C([O-])CC(=O)NC12CC3CC(CC(C3)C1)C2.[Na+]. The number of carbonyl (C=O) groups excluding carboxylic acids is 2. The molecule has 0 atom stereocenters. The van der Waals surface area contributed by atoms with Gasteiger partial charge in [-0.1, -0.05) is 61.3 Å². The van der Waals surface area contributed by atoms with Gasteiger partial charge in [0.1, 0.15) is 11.5 Å². The number of sulfonamides is 2. The average molecular weight is 1350 g/mol. The molecule has 6 aromatic rings. The third kappa shape index (κ3) is 23.5. The van der Waals surface area contributed by atoms with Gasteiger partial charge in [-0.25, -0.2) is 30.2 Å². The normalized spacial score (nSPS) is 17.1. The Morgan fingerprint density at radius 3 is 1.45 bits per heavy atom. The minimum Gasteiger partial charge on any atom is -0.550 e. The number of nitrogens with zero attached hydrogens (tertiary/aromatic N) is 2. The van der Waals surface area contributed by atoms with Crippen molar-refractivity contribution in [3.05, 3.63) is 161 Å². The zero-order valence-electron chi connectivity index (χ0n) is 49.7. The van der Waals surface area contributed by atoms with Crippen molar-refractivity contribution in [2.24, 2.45) is 50.9 Å². The van der Waals surface area contributed by atoms with Crippen molar-refractivity contribution in [3.8, 4) is 11.5 Å². The number of halogens is 3. The summed E-state index contributed by atoms with van der Waals surface area (Å²) in [6.45, 7) is 4.19. The molecule has 6 aromatic carbocycles. The molecule has 28 heteroatoms. The number of guanidine groups is 2. The minimum atomic E-state index is -4.29. The molecular weight excluding hydrogens is 1270 g/mol. The second-order valence-corrected chi connectivity index (χ2v) is 27.9. The standard InChI is InChI=1S/C26H24N2O8S3.C14H19ClN2.C13H19NO3.C8H10ClN5.ClH.Na/c1-35-21-13-9-19(10-14-21)27-38(31,32)25-7-3-5-23(17-25)37(29,30)24-6-4-8-26(18-24)39(33,34)28-20-11-15-22(36-2)16-12-20;1-10(2)7-13(16)9-14(17)8-11-3-5-12(15)6-4-11;15-11(4-12(16)17)14-13-5-8-1-9(6-13)3-10(2-8)7-13;9-5-1-3-6(4-2-5)13-8(12)14-7(10)11;;/h3-18,27-28H,1-2H3;3-6,10,16-17H,7-9H2,1-2H3;8-10H,1-7H2,(H,14,15)(H,16,17);1-4H,(H6,10,11,12,13,14);1H;/q;;;;;+1/p-1. The molecule has 472 valence electrons. The van der Waals surface area contributed by atoms with E-state index in [1.165, 1.54) is 94.1 Å². The summed E-state index contributed by atoms with van der Waals surface area (Å²) in [7, 11) is -9.60. The van der Waals surface area contributed by atoms with Crippen LogP contribution in [0.15, 0.2) is 175 Å². The van der Waals surface area contributed by atoms with E-state index in [9.17, 15) is 39.9 Å². The second kappa shape index (κ2) is 33.9. The number of amides is 1. The first-order chi connectivity index (χ1) is 41.0. The monoisotopic (exact) mass is 1340 g/mol. The van der Waals surface area contributed by atoms with E-state index in [1.54, 1.807) is 48.5 Å². The molecule has 4 saturated carbocycles. The minimum absolute atomic E-state index is 0. The number of carboxylic acids is 1. The number of methoxy groups -OCH3 is 2. The molecule has 0 unspecified atom stereocenters. The number of hydrogen-bond donors (Lipinski definition) is 8. The number of carboxylic acid groups (broad SMARTS) is 1. The summed E-state index contributed by atoms with van der Waals surface area (Å²) >= 11 is 11.5. The van der Waals surface area contributed by atoms with Gasteiger partial charge in [-0.2, -0.15) is 4.99 Å². The molecule has 1 amide bonds. The van der Waals surface area contributed by atoms with Crippen LogP contribution in [0.4, 0.5) is 17.1 Å². The van der Waals surface area contributed by atoms with Gasteiger partial charge in [-0.15, -0.1) is 12.4 Å². The number of aliphatic carboxylic acids is 1. The Morgan fingerprint density at radius 2 is 1.06 bits per heavy atom. The molecule has 21 nitrogen and oxygen atoms in total. The Balaban J connectivity index is 0.000000281. The number of nitrogens with one attached hydrogen (secondary N) is 5. The molecule has 0 radical (unpaired) electrons. The quantitative estimate of drug-likeness (QED) is 0.0171. The van der Waals surface area contributed by atoms with Crippen molar-refractivity contribution in [3.63, 3.8) is 0 Å². The van der Waals surface area contributed by atoms with Crippen molar-refractivity contribution in [1.82, 2.24) is 5.32 Å². The molecule has 0 heterocycles. The van der Waals surface area contributed by atoms with E-state index in [4.69, 9.17) is 60.7 Å². The fraction of sp³-hybridized carbons (Fsp3) is 0.311. The molecule has 0 aromatic heterocycles. The number of hydrogen-bond acceptors (Lipinski definition) is 14. The first-order valence-electron chi connectivity index (χ1n) is 27.4. The predicted octanol–water partition coefficient (Wildman–Crippen LogP) is 6.69. The van der Waals surface area contributed by atoms with Crippen LogP contribution in [0.3, 0.4) is 0 Å². The number of anilines is 2. The van der Waals surface area contributed by atoms with Crippen molar-refractivity contribution in [2.75, 3.05) is 23.7 Å². The molecule has 11 N–H and O–H groups in total. The van der Waals surface area contributed by atoms with Crippen LogP contribution in [0.2, 0.25) is 10.0 Å². The van der Waals surface area contributed by atoms with E-state index in [0.29, 0.717) is 57.4 Å². The third-order valence-electron chi connectivity index (χ3n) is 14.0. The Bertz CT molecular complexity index is 3640. The number of carbonyl (C=O) groups is 2. The van der Waals surface area contributed by atoms with Crippen LogP contribution in [0.25, 0.3) is 0 Å². The Hall–Kier alpha value is -6.74.